The molecule has 0 saturated heterocycles. The number of carbonyl (C=O) groups excluding carboxylic acids is 1. The summed E-state index contributed by atoms with van der Waals surface area (Å²) in [6, 6.07) is 6.09. The van der Waals surface area contributed by atoms with Gasteiger partial charge in [0, 0.05) is 5.69 Å². The van der Waals surface area contributed by atoms with Crippen molar-refractivity contribution in [3.05, 3.63) is 40.6 Å². The van der Waals surface area contributed by atoms with Gasteiger partial charge in [0.15, 0.2) is 5.78 Å². The second-order valence-corrected chi connectivity index (χ2v) is 5.17. The predicted molar refractivity (Wildman–Crippen MR) is 76.1 cm³/mol. The van der Waals surface area contributed by atoms with E-state index in [-0.39, 0.29) is 5.78 Å². The van der Waals surface area contributed by atoms with E-state index < -0.39 is 0 Å². The smallest absolute Gasteiger partial charge is 0.164 e. The molecule has 0 bridgehead atoms. The summed E-state index contributed by atoms with van der Waals surface area (Å²) < 4.78 is 4.24. The van der Waals surface area contributed by atoms with Gasteiger partial charge in [0.25, 0.3) is 0 Å². The Hall–Kier alpha value is -1.68. The molecule has 4 heteroatoms. The highest BCUT2D eigenvalue weighted by atomic mass is 32.1. The molecule has 94 valence electrons. The van der Waals surface area contributed by atoms with E-state index in [2.05, 4.69) is 29.6 Å². The zero-order chi connectivity index (χ0) is 13.3. The second-order valence-electron chi connectivity index (χ2n) is 4.40. The maximum absolute atomic E-state index is 11.6. The lowest BCUT2D eigenvalue weighted by molar-refractivity contribution is 0.101. The summed E-state index contributed by atoms with van der Waals surface area (Å²) in [7, 11) is 0. The topological polar surface area (TPSA) is 42.0 Å². The molecular weight excluding hydrogens is 244 g/mol. The fourth-order valence-electron chi connectivity index (χ4n) is 1.88. The molecule has 0 saturated carbocycles. The van der Waals surface area contributed by atoms with Crippen LogP contribution in [0.5, 0.6) is 0 Å². The Balaban J connectivity index is 2.41. The van der Waals surface area contributed by atoms with Crippen LogP contribution in [0.2, 0.25) is 0 Å². The van der Waals surface area contributed by atoms with E-state index in [1.807, 2.05) is 19.1 Å². The molecule has 2 aromatic rings. The highest BCUT2D eigenvalue weighted by Gasteiger charge is 2.15. The number of aromatic nitrogens is 1. The summed E-state index contributed by atoms with van der Waals surface area (Å²) in [6.45, 7) is 7.58. The summed E-state index contributed by atoms with van der Waals surface area (Å²) in [4.78, 5) is 11.6. The molecule has 0 fully saturated rings. The number of rotatable bonds is 3. The Labute approximate surface area is 111 Å². The van der Waals surface area contributed by atoms with Crippen LogP contribution < -0.4 is 5.32 Å². The Kier molecular flexibility index (Phi) is 3.48. The molecule has 0 atom stereocenters. The Bertz CT molecular complexity index is 602. The zero-order valence-electron chi connectivity index (χ0n) is 11.0. The highest BCUT2D eigenvalue weighted by Crippen LogP contribution is 2.30. The molecule has 0 spiro atoms. The standard InChI is InChI=1S/C14H16N2OS/c1-8-6-5-7-12(9(8)2)15-14-13(11(4)17)10(3)16-18-14/h5-7,15H,1-4H3. The first-order valence-corrected chi connectivity index (χ1v) is 6.58. The highest BCUT2D eigenvalue weighted by molar-refractivity contribution is 7.10. The molecule has 3 nitrogen and oxygen atoms in total. The van der Waals surface area contributed by atoms with Crippen LogP contribution in [0.3, 0.4) is 0 Å². The lowest BCUT2D eigenvalue weighted by Crippen LogP contribution is -2.00. The molecular formula is C14H16N2OS. The van der Waals surface area contributed by atoms with E-state index in [9.17, 15) is 4.79 Å². The number of hydrogen-bond acceptors (Lipinski definition) is 4. The summed E-state index contributed by atoms with van der Waals surface area (Å²) in [5.41, 5.74) is 4.94. The van der Waals surface area contributed by atoms with Crippen LogP contribution >= 0.6 is 11.5 Å². The van der Waals surface area contributed by atoms with Crippen molar-refractivity contribution in [1.82, 2.24) is 4.37 Å². The van der Waals surface area contributed by atoms with Gasteiger partial charge in [0.05, 0.1) is 11.3 Å². The number of Topliss-reactive ketones (excluding diaryl/α,β-unsaturated/α-hetero) is 1. The van der Waals surface area contributed by atoms with Gasteiger partial charge >= 0.3 is 0 Å². The third-order valence-corrected chi connectivity index (χ3v) is 3.92. The third-order valence-electron chi connectivity index (χ3n) is 3.07. The monoisotopic (exact) mass is 260 g/mol. The van der Waals surface area contributed by atoms with Gasteiger partial charge in [-0.2, -0.15) is 4.37 Å². The molecule has 1 N–H and O–H groups in total. The number of hydrogen-bond donors (Lipinski definition) is 1. The van der Waals surface area contributed by atoms with Crippen molar-refractivity contribution >= 4 is 28.0 Å². The maximum Gasteiger partial charge on any atom is 0.164 e. The number of ketones is 1. The molecule has 0 amide bonds. The van der Waals surface area contributed by atoms with Gasteiger partial charge in [-0.15, -0.1) is 0 Å². The SMILES string of the molecule is CC(=O)c1c(C)nsc1Nc1cccc(C)c1C. The van der Waals surface area contributed by atoms with Gasteiger partial charge in [0.2, 0.25) is 0 Å². The molecule has 0 aliphatic rings. The molecule has 0 radical (unpaired) electrons. The van der Waals surface area contributed by atoms with Gasteiger partial charge in [-0.1, -0.05) is 12.1 Å². The minimum atomic E-state index is 0.0501. The third kappa shape index (κ3) is 2.29. The molecule has 2 rings (SSSR count). The Morgan fingerprint density at radius 2 is 2.00 bits per heavy atom. The van der Waals surface area contributed by atoms with Crippen LogP contribution in [0.15, 0.2) is 18.2 Å². The lowest BCUT2D eigenvalue weighted by atomic mass is 10.1. The summed E-state index contributed by atoms with van der Waals surface area (Å²) in [5, 5.41) is 4.15. The molecule has 18 heavy (non-hydrogen) atoms. The Morgan fingerprint density at radius 3 is 2.67 bits per heavy atom. The van der Waals surface area contributed by atoms with Gasteiger partial charge in [-0.05, 0) is 56.4 Å². The summed E-state index contributed by atoms with van der Waals surface area (Å²) >= 11 is 1.33. The summed E-state index contributed by atoms with van der Waals surface area (Å²) in [5.74, 6) is 0.0501. The van der Waals surface area contributed by atoms with Crippen molar-refractivity contribution in [2.45, 2.75) is 27.7 Å². The molecule has 1 heterocycles. The minimum absolute atomic E-state index is 0.0501. The minimum Gasteiger partial charge on any atom is -0.345 e. The van der Waals surface area contributed by atoms with Crippen LogP contribution in [-0.2, 0) is 0 Å². The van der Waals surface area contributed by atoms with Crippen LogP contribution in [0.25, 0.3) is 0 Å². The predicted octanol–water partition coefficient (Wildman–Crippen LogP) is 4.01. The fourth-order valence-corrected chi connectivity index (χ4v) is 2.74. The van der Waals surface area contributed by atoms with Crippen LogP contribution in [-0.4, -0.2) is 10.2 Å². The van der Waals surface area contributed by atoms with Crippen molar-refractivity contribution < 1.29 is 4.79 Å². The second kappa shape index (κ2) is 4.90. The molecule has 0 unspecified atom stereocenters. The quantitative estimate of drug-likeness (QED) is 0.848. The Morgan fingerprint density at radius 1 is 1.28 bits per heavy atom. The average Bonchev–Trinajstić information content (AvgIpc) is 2.66. The number of anilines is 2. The first-order valence-electron chi connectivity index (χ1n) is 5.81. The molecule has 0 aliphatic carbocycles. The van der Waals surface area contributed by atoms with Gasteiger partial charge in [-0.25, -0.2) is 0 Å². The average molecular weight is 260 g/mol. The van der Waals surface area contributed by atoms with E-state index in [1.54, 1.807) is 6.92 Å². The van der Waals surface area contributed by atoms with E-state index >= 15 is 0 Å². The zero-order valence-corrected chi connectivity index (χ0v) is 11.8. The fraction of sp³-hybridized carbons (Fsp3) is 0.286. The van der Waals surface area contributed by atoms with Gasteiger partial charge in [-0.3, -0.25) is 4.79 Å². The van der Waals surface area contributed by atoms with Crippen molar-refractivity contribution in [1.29, 1.82) is 0 Å². The lowest BCUT2D eigenvalue weighted by Gasteiger charge is -2.10. The first kappa shape index (κ1) is 12.8. The van der Waals surface area contributed by atoms with Gasteiger partial charge in [0.1, 0.15) is 5.00 Å². The van der Waals surface area contributed by atoms with Crippen LogP contribution in [0.1, 0.15) is 34.1 Å². The van der Waals surface area contributed by atoms with Crippen molar-refractivity contribution in [2.75, 3.05) is 5.32 Å². The largest absolute Gasteiger partial charge is 0.345 e. The van der Waals surface area contributed by atoms with Crippen LogP contribution in [0.4, 0.5) is 10.7 Å². The van der Waals surface area contributed by atoms with Gasteiger partial charge < -0.3 is 5.32 Å². The first-order chi connectivity index (χ1) is 8.50. The van der Waals surface area contributed by atoms with Crippen molar-refractivity contribution in [2.24, 2.45) is 0 Å². The number of nitrogens with zero attached hydrogens (tertiary/aromatic N) is 1. The normalized spacial score (nSPS) is 10.4. The number of aryl methyl sites for hydroxylation is 2. The van der Waals surface area contributed by atoms with E-state index in [1.165, 1.54) is 22.7 Å². The number of nitrogens with one attached hydrogen (secondary N) is 1. The molecule has 0 aliphatic heterocycles. The number of benzene rings is 1. The molecule has 1 aromatic carbocycles. The van der Waals surface area contributed by atoms with E-state index in [0.29, 0.717) is 5.56 Å². The summed E-state index contributed by atoms with van der Waals surface area (Å²) in [6.07, 6.45) is 0. The molecule has 1 aromatic heterocycles. The van der Waals surface area contributed by atoms with E-state index in [4.69, 9.17) is 0 Å². The maximum atomic E-state index is 11.6. The number of carbonyl (C=O) groups is 1. The van der Waals surface area contributed by atoms with E-state index in [0.717, 1.165) is 16.4 Å². The van der Waals surface area contributed by atoms with Crippen molar-refractivity contribution in [3.8, 4) is 0 Å². The van der Waals surface area contributed by atoms with Crippen LogP contribution in [0, 0.1) is 20.8 Å². The van der Waals surface area contributed by atoms with Crippen molar-refractivity contribution in [3.63, 3.8) is 0 Å².